The summed E-state index contributed by atoms with van der Waals surface area (Å²) in [5.74, 6) is -1.63. The summed E-state index contributed by atoms with van der Waals surface area (Å²) in [5.41, 5.74) is 3.09. The standard InChI is InChI=1S/C23H19F4N5/c1-13-12-14(24)10-11-15(13)16-6-4-8-18(28-16)22(2,3)19-9-5-7-17(29-19)20-30-21(32-31-20)23(25,26)27/h4-12H,1-3H3,(H,30,31,32). The van der Waals surface area contributed by atoms with E-state index in [9.17, 15) is 17.6 Å². The minimum atomic E-state index is -4.62. The second kappa shape index (κ2) is 7.81. The number of alkyl halides is 3. The number of H-pyrrole nitrogens is 1. The van der Waals surface area contributed by atoms with Gasteiger partial charge in [-0.05, 0) is 68.8 Å². The van der Waals surface area contributed by atoms with Gasteiger partial charge in [-0.1, -0.05) is 12.1 Å². The Labute approximate surface area is 181 Å². The van der Waals surface area contributed by atoms with Gasteiger partial charge < -0.3 is 0 Å². The lowest BCUT2D eigenvalue weighted by Gasteiger charge is -2.24. The van der Waals surface area contributed by atoms with Crippen molar-refractivity contribution >= 4 is 0 Å². The maximum atomic E-state index is 13.5. The second-order valence-electron chi connectivity index (χ2n) is 7.91. The van der Waals surface area contributed by atoms with Crippen LogP contribution in [0, 0.1) is 12.7 Å². The Balaban J connectivity index is 1.71. The van der Waals surface area contributed by atoms with Crippen molar-refractivity contribution in [2.75, 3.05) is 0 Å². The molecule has 9 heteroatoms. The number of aromatic amines is 1. The van der Waals surface area contributed by atoms with Crippen LogP contribution in [0.15, 0.2) is 54.6 Å². The van der Waals surface area contributed by atoms with Crippen LogP contribution in [-0.2, 0) is 11.6 Å². The Kier molecular flexibility index (Phi) is 5.28. The maximum absolute atomic E-state index is 13.5. The molecule has 0 fully saturated rings. The molecular weight excluding hydrogens is 422 g/mol. The fourth-order valence-corrected chi connectivity index (χ4v) is 3.39. The number of benzene rings is 1. The lowest BCUT2D eigenvalue weighted by Crippen LogP contribution is -2.22. The van der Waals surface area contributed by atoms with Gasteiger partial charge in [0.25, 0.3) is 0 Å². The Morgan fingerprint density at radius 2 is 1.44 bits per heavy atom. The molecular formula is C23H19F4N5. The van der Waals surface area contributed by atoms with Crippen LogP contribution >= 0.6 is 0 Å². The third-order valence-electron chi connectivity index (χ3n) is 5.23. The number of aromatic nitrogens is 5. The summed E-state index contributed by atoms with van der Waals surface area (Å²) in [4.78, 5) is 12.8. The van der Waals surface area contributed by atoms with Crippen LogP contribution in [0.3, 0.4) is 0 Å². The molecule has 0 unspecified atom stereocenters. The first kappa shape index (κ1) is 21.6. The first-order chi connectivity index (χ1) is 15.1. The van der Waals surface area contributed by atoms with Gasteiger partial charge in [0.1, 0.15) is 11.5 Å². The van der Waals surface area contributed by atoms with Gasteiger partial charge >= 0.3 is 6.18 Å². The van der Waals surface area contributed by atoms with Crippen molar-refractivity contribution in [3.8, 4) is 22.8 Å². The lowest BCUT2D eigenvalue weighted by atomic mass is 9.84. The fourth-order valence-electron chi connectivity index (χ4n) is 3.39. The average Bonchev–Trinajstić information content (AvgIpc) is 3.25. The van der Waals surface area contributed by atoms with E-state index in [1.54, 1.807) is 24.3 Å². The van der Waals surface area contributed by atoms with Crippen LogP contribution in [0.5, 0.6) is 0 Å². The topological polar surface area (TPSA) is 67.3 Å². The van der Waals surface area contributed by atoms with Crippen LogP contribution in [0.1, 0.15) is 36.6 Å². The van der Waals surface area contributed by atoms with E-state index >= 15 is 0 Å². The third-order valence-corrected chi connectivity index (χ3v) is 5.23. The normalized spacial score (nSPS) is 12.2. The molecule has 4 rings (SSSR count). The number of nitrogens with one attached hydrogen (secondary N) is 1. The summed E-state index contributed by atoms with van der Waals surface area (Å²) < 4.78 is 52.0. The second-order valence-corrected chi connectivity index (χ2v) is 7.91. The Morgan fingerprint density at radius 1 is 0.812 bits per heavy atom. The smallest absolute Gasteiger partial charge is 0.255 e. The van der Waals surface area contributed by atoms with Gasteiger partial charge in [-0.15, -0.1) is 0 Å². The molecule has 0 saturated carbocycles. The van der Waals surface area contributed by atoms with Gasteiger partial charge in [-0.2, -0.15) is 18.3 Å². The van der Waals surface area contributed by atoms with E-state index in [1.807, 2.05) is 44.1 Å². The Bertz CT molecular complexity index is 1280. The highest BCUT2D eigenvalue weighted by Gasteiger charge is 2.35. The molecule has 3 aromatic heterocycles. The molecule has 1 aromatic carbocycles. The fraction of sp³-hybridized carbons (Fsp3) is 0.217. The SMILES string of the molecule is Cc1cc(F)ccc1-c1cccc(C(C)(C)c2cccc(-c3n[nH]c(C(F)(F)F)n3)n2)n1. The van der Waals surface area contributed by atoms with Crippen molar-refractivity contribution in [3.63, 3.8) is 0 Å². The number of hydrogen-bond donors (Lipinski definition) is 1. The Hall–Kier alpha value is -3.62. The third kappa shape index (κ3) is 4.10. The summed E-state index contributed by atoms with van der Waals surface area (Å²) in [6.07, 6.45) is -4.62. The predicted octanol–water partition coefficient (Wildman–Crippen LogP) is 5.72. The van der Waals surface area contributed by atoms with Gasteiger partial charge in [-0.25, -0.2) is 14.4 Å². The molecule has 0 radical (unpaired) electrons. The minimum absolute atomic E-state index is 0.140. The maximum Gasteiger partial charge on any atom is 0.451 e. The van der Waals surface area contributed by atoms with Crippen molar-refractivity contribution in [1.82, 2.24) is 25.1 Å². The van der Waals surface area contributed by atoms with E-state index in [-0.39, 0.29) is 17.3 Å². The molecule has 1 N–H and O–H groups in total. The first-order valence-electron chi connectivity index (χ1n) is 9.77. The Morgan fingerprint density at radius 3 is 2.03 bits per heavy atom. The van der Waals surface area contributed by atoms with Gasteiger partial charge in [0.05, 0.1) is 17.1 Å². The van der Waals surface area contributed by atoms with E-state index in [4.69, 9.17) is 4.98 Å². The number of pyridine rings is 2. The van der Waals surface area contributed by atoms with E-state index in [2.05, 4.69) is 15.1 Å². The molecule has 0 saturated heterocycles. The predicted molar refractivity (Wildman–Crippen MR) is 111 cm³/mol. The summed E-state index contributed by atoms with van der Waals surface area (Å²) in [5, 5.41) is 5.56. The van der Waals surface area contributed by atoms with Crippen LogP contribution in [0.2, 0.25) is 0 Å². The quantitative estimate of drug-likeness (QED) is 0.411. The largest absolute Gasteiger partial charge is 0.451 e. The van der Waals surface area contributed by atoms with Crippen molar-refractivity contribution < 1.29 is 17.6 Å². The van der Waals surface area contributed by atoms with Crippen molar-refractivity contribution in [2.45, 2.75) is 32.4 Å². The highest BCUT2D eigenvalue weighted by molar-refractivity contribution is 5.63. The van der Waals surface area contributed by atoms with Gasteiger partial charge in [0, 0.05) is 11.0 Å². The summed E-state index contributed by atoms with van der Waals surface area (Å²) in [6, 6.07) is 15.1. The minimum Gasteiger partial charge on any atom is -0.255 e. The first-order valence-corrected chi connectivity index (χ1v) is 9.77. The molecule has 0 atom stereocenters. The molecule has 164 valence electrons. The molecule has 32 heavy (non-hydrogen) atoms. The summed E-state index contributed by atoms with van der Waals surface area (Å²) in [6.45, 7) is 5.65. The number of halogens is 4. The molecule has 0 aliphatic rings. The zero-order chi connectivity index (χ0) is 23.1. The van der Waals surface area contributed by atoms with E-state index in [0.717, 1.165) is 11.1 Å². The molecule has 5 nitrogen and oxygen atoms in total. The van der Waals surface area contributed by atoms with Crippen LogP contribution in [0.4, 0.5) is 17.6 Å². The van der Waals surface area contributed by atoms with Crippen LogP contribution in [0.25, 0.3) is 22.8 Å². The molecule has 0 aliphatic carbocycles. The molecule has 3 heterocycles. The van der Waals surface area contributed by atoms with E-state index in [0.29, 0.717) is 17.1 Å². The van der Waals surface area contributed by atoms with Crippen LogP contribution in [-0.4, -0.2) is 25.1 Å². The van der Waals surface area contributed by atoms with Crippen LogP contribution < -0.4 is 0 Å². The number of hydrogen-bond acceptors (Lipinski definition) is 4. The number of rotatable bonds is 4. The van der Waals surface area contributed by atoms with Crippen molar-refractivity contribution in [3.05, 3.63) is 83.2 Å². The zero-order valence-electron chi connectivity index (χ0n) is 17.5. The lowest BCUT2D eigenvalue weighted by molar-refractivity contribution is -0.144. The summed E-state index contributed by atoms with van der Waals surface area (Å²) >= 11 is 0. The molecule has 0 bridgehead atoms. The number of nitrogens with zero attached hydrogens (tertiary/aromatic N) is 4. The van der Waals surface area contributed by atoms with Crippen molar-refractivity contribution in [1.29, 1.82) is 0 Å². The number of aryl methyl sites for hydroxylation is 1. The molecule has 4 aromatic rings. The molecule has 0 aliphatic heterocycles. The molecule has 0 spiro atoms. The zero-order valence-corrected chi connectivity index (χ0v) is 17.5. The van der Waals surface area contributed by atoms with E-state index in [1.165, 1.54) is 12.1 Å². The average molecular weight is 441 g/mol. The van der Waals surface area contributed by atoms with Gasteiger partial charge in [0.2, 0.25) is 5.82 Å². The van der Waals surface area contributed by atoms with Gasteiger partial charge in [-0.3, -0.25) is 10.1 Å². The van der Waals surface area contributed by atoms with E-state index < -0.39 is 17.4 Å². The highest BCUT2D eigenvalue weighted by atomic mass is 19.4. The molecule has 0 amide bonds. The monoisotopic (exact) mass is 441 g/mol. The highest BCUT2D eigenvalue weighted by Crippen LogP contribution is 2.33. The summed E-state index contributed by atoms with van der Waals surface area (Å²) in [7, 11) is 0. The van der Waals surface area contributed by atoms with Gasteiger partial charge in [0.15, 0.2) is 5.82 Å². The van der Waals surface area contributed by atoms with Crippen molar-refractivity contribution in [2.24, 2.45) is 0 Å².